The third-order valence-corrected chi connectivity index (χ3v) is 4.53. The van der Waals surface area contributed by atoms with Crippen LogP contribution in [0.15, 0.2) is 33.9 Å². The molecule has 10 nitrogen and oxygen atoms in total. The van der Waals surface area contributed by atoms with Crippen LogP contribution in [0.2, 0.25) is 0 Å². The van der Waals surface area contributed by atoms with Crippen molar-refractivity contribution in [2.24, 2.45) is 13.0 Å². The lowest BCUT2D eigenvalue weighted by Crippen LogP contribution is -2.44. The van der Waals surface area contributed by atoms with Gasteiger partial charge in [0.15, 0.2) is 18.1 Å². The Morgan fingerprint density at radius 2 is 1.90 bits per heavy atom. The van der Waals surface area contributed by atoms with Crippen LogP contribution in [0, 0.1) is 5.92 Å². The SMILES string of the molecule is CC(C)Cn1c(N)c(C(=O)COC(=O)C2COc3ccccc3O2)c(=O)n(C)c1=O. The molecule has 0 aliphatic carbocycles. The smallest absolute Gasteiger partial charge is 0.351 e. The molecule has 0 amide bonds. The number of Topliss-reactive ketones (excluding diaryl/α,β-unsaturated/α-hetero) is 1. The summed E-state index contributed by atoms with van der Waals surface area (Å²) in [7, 11) is 1.26. The van der Waals surface area contributed by atoms with Gasteiger partial charge in [-0.3, -0.25) is 18.7 Å². The lowest BCUT2D eigenvalue weighted by atomic mass is 10.1. The molecule has 1 atom stereocenters. The fraction of sp³-hybridized carbons (Fsp3) is 0.400. The summed E-state index contributed by atoms with van der Waals surface area (Å²) in [5.74, 6) is -0.935. The summed E-state index contributed by atoms with van der Waals surface area (Å²) in [6, 6.07) is 6.83. The largest absolute Gasteiger partial charge is 0.485 e. The van der Waals surface area contributed by atoms with E-state index < -0.39 is 41.3 Å². The van der Waals surface area contributed by atoms with Gasteiger partial charge in [0.25, 0.3) is 5.56 Å². The molecule has 1 aliphatic rings. The Bertz CT molecular complexity index is 1100. The van der Waals surface area contributed by atoms with Crippen LogP contribution in [0.25, 0.3) is 0 Å². The van der Waals surface area contributed by atoms with Gasteiger partial charge in [0.2, 0.25) is 11.9 Å². The number of esters is 1. The van der Waals surface area contributed by atoms with E-state index in [0.29, 0.717) is 11.5 Å². The zero-order chi connectivity index (χ0) is 22.0. The zero-order valence-electron chi connectivity index (χ0n) is 16.9. The molecule has 30 heavy (non-hydrogen) atoms. The van der Waals surface area contributed by atoms with E-state index >= 15 is 0 Å². The molecule has 10 heteroatoms. The van der Waals surface area contributed by atoms with Crippen molar-refractivity contribution in [2.45, 2.75) is 26.5 Å². The molecule has 2 N–H and O–H groups in total. The quantitative estimate of drug-likeness (QED) is 0.526. The predicted octanol–water partition coefficient (Wildman–Crippen LogP) is 0.351. The highest BCUT2D eigenvalue weighted by molar-refractivity contribution is 6.01. The van der Waals surface area contributed by atoms with Crippen molar-refractivity contribution < 1.29 is 23.8 Å². The minimum atomic E-state index is -1.05. The van der Waals surface area contributed by atoms with E-state index in [0.717, 1.165) is 9.13 Å². The number of ketones is 1. The van der Waals surface area contributed by atoms with Crippen molar-refractivity contribution in [1.29, 1.82) is 0 Å². The van der Waals surface area contributed by atoms with Crippen LogP contribution < -0.4 is 26.5 Å². The summed E-state index contributed by atoms with van der Waals surface area (Å²) in [6.45, 7) is 3.16. The van der Waals surface area contributed by atoms with Crippen molar-refractivity contribution in [2.75, 3.05) is 18.9 Å². The van der Waals surface area contributed by atoms with Crippen LogP contribution >= 0.6 is 0 Å². The summed E-state index contributed by atoms with van der Waals surface area (Å²) >= 11 is 0. The van der Waals surface area contributed by atoms with Gasteiger partial charge in [0, 0.05) is 13.6 Å². The van der Waals surface area contributed by atoms with Crippen LogP contribution in [0.5, 0.6) is 11.5 Å². The number of hydrogen-bond acceptors (Lipinski definition) is 8. The van der Waals surface area contributed by atoms with Crippen molar-refractivity contribution >= 4 is 17.6 Å². The van der Waals surface area contributed by atoms with Gasteiger partial charge in [-0.15, -0.1) is 0 Å². The molecule has 1 aromatic carbocycles. The highest BCUT2D eigenvalue weighted by atomic mass is 16.6. The second kappa shape index (κ2) is 8.44. The van der Waals surface area contributed by atoms with Gasteiger partial charge in [-0.2, -0.15) is 0 Å². The van der Waals surface area contributed by atoms with Crippen LogP contribution in [0.3, 0.4) is 0 Å². The first kappa shape index (κ1) is 21.2. The van der Waals surface area contributed by atoms with E-state index in [9.17, 15) is 19.2 Å². The molecule has 0 saturated carbocycles. The second-order valence-corrected chi connectivity index (χ2v) is 7.31. The number of para-hydroxylation sites is 2. The molecule has 160 valence electrons. The van der Waals surface area contributed by atoms with Gasteiger partial charge in [-0.05, 0) is 18.1 Å². The molecule has 1 aliphatic heterocycles. The number of rotatable bonds is 6. The molecule has 3 rings (SSSR count). The highest BCUT2D eigenvalue weighted by Gasteiger charge is 2.30. The van der Waals surface area contributed by atoms with E-state index in [-0.39, 0.29) is 24.9 Å². The molecule has 0 saturated heterocycles. The Labute approximate surface area is 171 Å². The molecule has 1 unspecified atom stereocenters. The molecule has 0 radical (unpaired) electrons. The van der Waals surface area contributed by atoms with Gasteiger partial charge in [-0.1, -0.05) is 26.0 Å². The van der Waals surface area contributed by atoms with E-state index in [4.69, 9.17) is 19.9 Å². The Kier molecular flexibility index (Phi) is 5.95. The average molecular weight is 417 g/mol. The number of nitrogen functional groups attached to an aromatic ring is 1. The third kappa shape index (κ3) is 4.07. The molecule has 2 aromatic rings. The number of fused-ring (bicyclic) bond motifs is 1. The molecule has 2 heterocycles. The molecule has 0 bridgehead atoms. The fourth-order valence-electron chi connectivity index (χ4n) is 3.02. The van der Waals surface area contributed by atoms with Gasteiger partial charge >= 0.3 is 11.7 Å². The summed E-state index contributed by atoms with van der Waals surface area (Å²) in [5.41, 5.74) is 4.09. The molecular formula is C20H23N3O7. The normalized spacial score (nSPS) is 15.1. The van der Waals surface area contributed by atoms with E-state index in [2.05, 4.69) is 0 Å². The Morgan fingerprint density at radius 1 is 1.23 bits per heavy atom. The summed E-state index contributed by atoms with van der Waals surface area (Å²) in [4.78, 5) is 49.7. The number of anilines is 1. The van der Waals surface area contributed by atoms with Crippen molar-refractivity contribution in [1.82, 2.24) is 9.13 Å². The predicted molar refractivity (Wildman–Crippen MR) is 107 cm³/mol. The summed E-state index contributed by atoms with van der Waals surface area (Å²) < 4.78 is 18.0. The molecule has 0 fully saturated rings. The van der Waals surface area contributed by atoms with Gasteiger partial charge in [0.05, 0.1) is 0 Å². The Hall–Kier alpha value is -3.56. The Morgan fingerprint density at radius 3 is 2.57 bits per heavy atom. The van der Waals surface area contributed by atoms with Crippen molar-refractivity contribution in [3.05, 3.63) is 50.7 Å². The number of nitrogens with zero attached hydrogens (tertiary/aromatic N) is 2. The maximum Gasteiger partial charge on any atom is 0.351 e. The molecule has 1 aromatic heterocycles. The fourth-order valence-corrected chi connectivity index (χ4v) is 3.02. The van der Waals surface area contributed by atoms with E-state index in [1.54, 1.807) is 24.3 Å². The number of carbonyl (C=O) groups is 2. The number of nitrogens with two attached hydrogens (primary N) is 1. The first-order valence-electron chi connectivity index (χ1n) is 9.38. The number of aromatic nitrogens is 2. The van der Waals surface area contributed by atoms with E-state index in [1.165, 1.54) is 7.05 Å². The number of carbonyl (C=O) groups excluding carboxylic acids is 2. The third-order valence-electron chi connectivity index (χ3n) is 4.53. The zero-order valence-corrected chi connectivity index (χ0v) is 16.9. The topological polar surface area (TPSA) is 132 Å². The van der Waals surface area contributed by atoms with Crippen LogP contribution in [-0.4, -0.2) is 40.2 Å². The number of benzene rings is 1. The van der Waals surface area contributed by atoms with Crippen molar-refractivity contribution in [3.63, 3.8) is 0 Å². The summed E-state index contributed by atoms with van der Waals surface area (Å²) in [6.07, 6.45) is -1.05. The van der Waals surface area contributed by atoms with Gasteiger partial charge in [-0.25, -0.2) is 9.59 Å². The number of ether oxygens (including phenoxy) is 3. The Balaban J connectivity index is 1.75. The molecule has 0 spiro atoms. The first-order valence-corrected chi connectivity index (χ1v) is 9.38. The van der Waals surface area contributed by atoms with Crippen molar-refractivity contribution in [3.8, 4) is 11.5 Å². The first-order chi connectivity index (χ1) is 14.2. The second-order valence-electron chi connectivity index (χ2n) is 7.31. The maximum atomic E-state index is 12.6. The standard InChI is InChI=1S/C20H23N3O7/c1-11(2)8-23-17(21)16(18(25)22(3)20(23)27)12(24)9-29-19(26)15-10-28-13-6-4-5-7-14(13)30-15/h4-7,11,15H,8-10,21H2,1-3H3. The minimum Gasteiger partial charge on any atom is -0.485 e. The number of hydrogen-bond donors (Lipinski definition) is 1. The maximum absolute atomic E-state index is 12.6. The van der Waals surface area contributed by atoms with E-state index in [1.807, 2.05) is 13.8 Å². The minimum absolute atomic E-state index is 0.0506. The van der Waals surface area contributed by atoms with Gasteiger partial charge in [0.1, 0.15) is 18.0 Å². The summed E-state index contributed by atoms with van der Waals surface area (Å²) in [5, 5.41) is 0. The monoisotopic (exact) mass is 417 g/mol. The van der Waals surface area contributed by atoms with Crippen LogP contribution in [0.1, 0.15) is 24.2 Å². The van der Waals surface area contributed by atoms with Crippen LogP contribution in [0.4, 0.5) is 5.82 Å². The molecular weight excluding hydrogens is 394 g/mol. The average Bonchev–Trinajstić information content (AvgIpc) is 2.73. The van der Waals surface area contributed by atoms with Crippen LogP contribution in [-0.2, 0) is 23.1 Å². The highest BCUT2D eigenvalue weighted by Crippen LogP contribution is 2.31. The lowest BCUT2D eigenvalue weighted by molar-refractivity contribution is -0.153. The van der Waals surface area contributed by atoms with Gasteiger partial charge < -0.3 is 19.9 Å². The lowest BCUT2D eigenvalue weighted by Gasteiger charge is -2.24.